The van der Waals surface area contributed by atoms with Crippen LogP contribution in [0.25, 0.3) is 0 Å². The van der Waals surface area contributed by atoms with Crippen molar-refractivity contribution >= 4 is 39.3 Å². The average Bonchev–Trinajstić information content (AvgIpc) is 2.98. The molecule has 0 aliphatic rings. The van der Waals surface area contributed by atoms with Gasteiger partial charge in [-0.05, 0) is 80.1 Å². The van der Waals surface area contributed by atoms with E-state index in [0.29, 0.717) is 17.9 Å². The van der Waals surface area contributed by atoms with Crippen molar-refractivity contribution in [1.82, 2.24) is 10.2 Å². The molecule has 0 radical (unpaired) electrons. The van der Waals surface area contributed by atoms with E-state index in [9.17, 15) is 22.4 Å². The van der Waals surface area contributed by atoms with Crippen LogP contribution in [-0.2, 0) is 26.2 Å². The van der Waals surface area contributed by atoms with Gasteiger partial charge in [-0.3, -0.25) is 13.9 Å². The summed E-state index contributed by atoms with van der Waals surface area (Å²) >= 11 is 1.48. The van der Waals surface area contributed by atoms with Crippen molar-refractivity contribution < 1.29 is 27.1 Å². The summed E-state index contributed by atoms with van der Waals surface area (Å²) in [5.74, 6) is -0.935. The van der Waals surface area contributed by atoms with Gasteiger partial charge in [-0.25, -0.2) is 12.8 Å². The molecule has 226 valence electrons. The Morgan fingerprint density at radius 1 is 0.976 bits per heavy atom. The van der Waals surface area contributed by atoms with Crippen molar-refractivity contribution in [2.24, 2.45) is 5.92 Å². The smallest absolute Gasteiger partial charge is 0.264 e. The number of hydrogen-bond acceptors (Lipinski definition) is 6. The minimum Gasteiger partial charge on any atom is -0.492 e. The topological polar surface area (TPSA) is 96.0 Å². The number of sulfonamides is 1. The molecular formula is C31H38FN3O5S2. The third-order valence-corrected chi connectivity index (χ3v) is 9.00. The zero-order valence-corrected chi connectivity index (χ0v) is 26.2. The Kier molecular flexibility index (Phi) is 11.8. The number of carbonyl (C=O) groups excluding carboxylic acids is 2. The number of hydrogen-bond donors (Lipinski definition) is 1. The first-order valence-corrected chi connectivity index (χ1v) is 16.3. The minimum absolute atomic E-state index is 0.00668. The van der Waals surface area contributed by atoms with Crippen LogP contribution in [0.1, 0.15) is 33.3 Å². The second-order valence-electron chi connectivity index (χ2n) is 10.1. The number of thioether (sulfide) groups is 1. The number of amides is 2. The molecule has 0 saturated heterocycles. The monoisotopic (exact) mass is 615 g/mol. The molecule has 0 aromatic heterocycles. The maximum atomic E-state index is 14.1. The minimum atomic E-state index is -4.25. The number of carbonyl (C=O) groups is 2. The maximum Gasteiger partial charge on any atom is 0.264 e. The molecule has 1 atom stereocenters. The normalized spacial score (nSPS) is 12.1. The predicted molar refractivity (Wildman–Crippen MR) is 165 cm³/mol. The number of halogens is 1. The molecule has 0 heterocycles. The molecule has 0 fully saturated rings. The van der Waals surface area contributed by atoms with Gasteiger partial charge in [0.1, 0.15) is 24.2 Å². The Hall–Kier alpha value is -3.57. The van der Waals surface area contributed by atoms with E-state index in [1.165, 1.54) is 53.1 Å². The van der Waals surface area contributed by atoms with Crippen LogP contribution in [0.2, 0.25) is 0 Å². The highest BCUT2D eigenvalue weighted by atomic mass is 32.2. The SMILES string of the molecule is CCOc1ccccc1N(CC(=O)N(Cc1ccc(F)cc1)[C@H](C)C(=O)NCC(C)C)S(=O)(=O)c1ccc(SC)cc1. The number of ether oxygens (including phenoxy) is 1. The maximum absolute atomic E-state index is 14.1. The van der Waals surface area contributed by atoms with Crippen LogP contribution in [0.5, 0.6) is 5.75 Å². The fraction of sp³-hybridized carbons (Fsp3) is 0.355. The van der Waals surface area contributed by atoms with Crippen LogP contribution in [0, 0.1) is 11.7 Å². The Morgan fingerprint density at radius 3 is 2.21 bits per heavy atom. The third-order valence-electron chi connectivity index (χ3n) is 6.48. The number of benzene rings is 3. The lowest BCUT2D eigenvalue weighted by atomic mass is 10.1. The summed E-state index contributed by atoms with van der Waals surface area (Å²) in [6.07, 6.45) is 1.89. The molecule has 11 heteroatoms. The lowest BCUT2D eigenvalue weighted by Crippen LogP contribution is -2.51. The van der Waals surface area contributed by atoms with Gasteiger partial charge in [-0.2, -0.15) is 0 Å². The van der Waals surface area contributed by atoms with Gasteiger partial charge in [0.05, 0.1) is 17.2 Å². The van der Waals surface area contributed by atoms with E-state index in [1.807, 2.05) is 20.1 Å². The van der Waals surface area contributed by atoms with Crippen LogP contribution in [0.15, 0.2) is 82.6 Å². The second kappa shape index (κ2) is 15.1. The van der Waals surface area contributed by atoms with Gasteiger partial charge in [-0.1, -0.05) is 38.1 Å². The Labute approximate surface area is 252 Å². The van der Waals surface area contributed by atoms with E-state index in [4.69, 9.17) is 4.74 Å². The van der Waals surface area contributed by atoms with Gasteiger partial charge in [0.2, 0.25) is 11.8 Å². The van der Waals surface area contributed by atoms with Crippen LogP contribution in [0.3, 0.4) is 0 Å². The molecule has 8 nitrogen and oxygen atoms in total. The summed E-state index contributed by atoms with van der Waals surface area (Å²) in [6.45, 7) is 7.35. The zero-order valence-electron chi connectivity index (χ0n) is 24.5. The van der Waals surface area contributed by atoms with Gasteiger partial charge in [0.25, 0.3) is 10.0 Å². The molecule has 3 aromatic carbocycles. The number of nitrogens with zero attached hydrogens (tertiary/aromatic N) is 2. The molecule has 0 aliphatic heterocycles. The van der Waals surface area contributed by atoms with Gasteiger partial charge in [0.15, 0.2) is 0 Å². The van der Waals surface area contributed by atoms with Crippen molar-refractivity contribution in [3.63, 3.8) is 0 Å². The van der Waals surface area contributed by atoms with Gasteiger partial charge in [0, 0.05) is 18.0 Å². The van der Waals surface area contributed by atoms with E-state index in [2.05, 4.69) is 5.32 Å². The number of para-hydroxylation sites is 2. The molecule has 0 saturated carbocycles. The lowest BCUT2D eigenvalue weighted by Gasteiger charge is -2.32. The molecule has 42 heavy (non-hydrogen) atoms. The first-order valence-electron chi connectivity index (χ1n) is 13.7. The second-order valence-corrected chi connectivity index (χ2v) is 12.8. The summed E-state index contributed by atoms with van der Waals surface area (Å²) in [4.78, 5) is 29.3. The summed E-state index contributed by atoms with van der Waals surface area (Å²) in [6, 6.07) is 17.7. The largest absolute Gasteiger partial charge is 0.492 e. The first kappa shape index (κ1) is 32.9. The molecule has 2 amide bonds. The quantitative estimate of drug-likeness (QED) is 0.246. The van der Waals surface area contributed by atoms with Crippen LogP contribution in [0.4, 0.5) is 10.1 Å². The predicted octanol–water partition coefficient (Wildman–Crippen LogP) is 5.33. The van der Waals surface area contributed by atoms with Crippen LogP contribution >= 0.6 is 11.8 Å². The molecule has 1 N–H and O–H groups in total. The van der Waals surface area contributed by atoms with E-state index in [-0.39, 0.29) is 35.6 Å². The first-order chi connectivity index (χ1) is 20.0. The molecule has 0 aliphatic carbocycles. The van der Waals surface area contributed by atoms with Crippen LogP contribution < -0.4 is 14.4 Å². The van der Waals surface area contributed by atoms with Gasteiger partial charge in [-0.15, -0.1) is 11.8 Å². The summed E-state index contributed by atoms with van der Waals surface area (Å²) in [5, 5.41) is 2.84. The fourth-order valence-electron chi connectivity index (χ4n) is 4.15. The highest BCUT2D eigenvalue weighted by Gasteiger charge is 2.33. The van der Waals surface area contributed by atoms with Crippen molar-refractivity contribution in [3.8, 4) is 5.75 Å². The molecule has 0 bridgehead atoms. The standard InChI is InChI=1S/C31H38FN3O5S2/c1-6-40-29-10-8-7-9-28(29)35(42(38,39)27-17-15-26(41-5)16-18-27)21-30(36)34(20-24-11-13-25(32)14-12-24)23(4)31(37)33-19-22(2)3/h7-18,22-23H,6,19-21H2,1-5H3,(H,33,37)/t23-/m1/s1. The molecule has 3 aromatic rings. The van der Waals surface area contributed by atoms with Crippen molar-refractivity contribution in [1.29, 1.82) is 0 Å². The van der Waals surface area contributed by atoms with Crippen molar-refractivity contribution in [2.45, 2.75) is 50.1 Å². The van der Waals surface area contributed by atoms with E-state index in [1.54, 1.807) is 50.2 Å². The highest BCUT2D eigenvalue weighted by molar-refractivity contribution is 7.98. The third kappa shape index (κ3) is 8.48. The number of nitrogens with one attached hydrogen (secondary N) is 1. The highest BCUT2D eigenvalue weighted by Crippen LogP contribution is 2.33. The van der Waals surface area contributed by atoms with E-state index in [0.717, 1.165) is 9.20 Å². The van der Waals surface area contributed by atoms with E-state index < -0.39 is 34.3 Å². The molecular weight excluding hydrogens is 577 g/mol. The average molecular weight is 616 g/mol. The summed E-state index contributed by atoms with van der Waals surface area (Å²) in [5.41, 5.74) is 0.783. The van der Waals surface area contributed by atoms with E-state index >= 15 is 0 Å². The Morgan fingerprint density at radius 2 is 1.62 bits per heavy atom. The Balaban J connectivity index is 2.06. The molecule has 0 unspecified atom stereocenters. The molecule has 0 spiro atoms. The van der Waals surface area contributed by atoms with Gasteiger partial charge < -0.3 is 15.0 Å². The van der Waals surface area contributed by atoms with Crippen molar-refractivity contribution in [2.75, 3.05) is 30.3 Å². The Bertz CT molecular complexity index is 1450. The lowest BCUT2D eigenvalue weighted by molar-refractivity contribution is -0.139. The van der Waals surface area contributed by atoms with Crippen molar-refractivity contribution in [3.05, 3.63) is 84.2 Å². The fourth-order valence-corrected chi connectivity index (χ4v) is 5.98. The van der Waals surface area contributed by atoms with Crippen LogP contribution in [-0.4, -0.2) is 57.1 Å². The summed E-state index contributed by atoms with van der Waals surface area (Å²) in [7, 11) is -4.25. The molecule has 3 rings (SSSR count). The summed E-state index contributed by atoms with van der Waals surface area (Å²) < 4.78 is 48.6. The number of anilines is 1. The number of rotatable bonds is 14. The van der Waals surface area contributed by atoms with Gasteiger partial charge >= 0.3 is 0 Å². The zero-order chi connectivity index (χ0) is 30.9.